The van der Waals surface area contributed by atoms with E-state index in [1.54, 1.807) is 36.3 Å². The Labute approximate surface area is 174 Å². The number of amides is 3. The number of urea groups is 1. The minimum Gasteiger partial charge on any atom is -0.497 e. The molecule has 1 fully saturated rings. The Bertz CT molecular complexity index is 861. The minimum absolute atomic E-state index is 0.0980. The summed E-state index contributed by atoms with van der Waals surface area (Å²) in [5.41, 5.74) is 0.678. The molecule has 1 saturated heterocycles. The van der Waals surface area contributed by atoms with E-state index in [-0.39, 0.29) is 17.6 Å². The largest absolute Gasteiger partial charge is 0.497 e. The molecule has 1 aliphatic heterocycles. The van der Waals surface area contributed by atoms with E-state index in [0.29, 0.717) is 36.9 Å². The molecule has 0 aromatic heterocycles. The molecule has 0 saturated carbocycles. The topological polar surface area (TPSA) is 70.7 Å². The molecule has 160 valence electrons. The van der Waals surface area contributed by atoms with Crippen LogP contribution in [0.2, 0.25) is 0 Å². The number of likely N-dealkylation sites (tertiary alicyclic amines) is 1. The van der Waals surface area contributed by atoms with Crippen molar-refractivity contribution in [3.8, 4) is 5.75 Å². The molecule has 2 aromatic rings. The Morgan fingerprint density at radius 2 is 1.70 bits per heavy atom. The number of anilines is 1. The standard InChI is InChI=1S/C22H25F2N3O3/c1-30-20-4-2-16(3-5-20)21(28)25-9-6-15-7-10-27(11-8-15)22(29)26-19-13-17(23)12-18(24)14-19/h2-5,12-15H,6-11H2,1H3,(H,25,28)(H,26,29). The number of hydrogen-bond donors (Lipinski definition) is 2. The van der Waals surface area contributed by atoms with Crippen molar-refractivity contribution < 1.29 is 23.1 Å². The summed E-state index contributed by atoms with van der Waals surface area (Å²) in [6.45, 7) is 1.67. The average Bonchev–Trinajstić information content (AvgIpc) is 2.73. The van der Waals surface area contributed by atoms with Crippen LogP contribution in [0.3, 0.4) is 0 Å². The number of ether oxygens (including phenoxy) is 1. The highest BCUT2D eigenvalue weighted by Crippen LogP contribution is 2.21. The first-order valence-corrected chi connectivity index (χ1v) is 9.89. The highest BCUT2D eigenvalue weighted by molar-refractivity contribution is 5.94. The van der Waals surface area contributed by atoms with Crippen LogP contribution in [0.1, 0.15) is 29.6 Å². The average molecular weight is 417 g/mol. The maximum atomic E-state index is 13.2. The zero-order valence-electron chi connectivity index (χ0n) is 16.8. The maximum absolute atomic E-state index is 13.2. The number of hydrogen-bond acceptors (Lipinski definition) is 3. The smallest absolute Gasteiger partial charge is 0.321 e. The van der Waals surface area contributed by atoms with Crippen LogP contribution in [-0.4, -0.2) is 43.6 Å². The fourth-order valence-corrected chi connectivity index (χ4v) is 3.49. The first kappa shape index (κ1) is 21.5. The molecule has 0 aliphatic carbocycles. The molecular weight excluding hydrogens is 392 g/mol. The fraction of sp³-hybridized carbons (Fsp3) is 0.364. The summed E-state index contributed by atoms with van der Waals surface area (Å²) >= 11 is 0. The van der Waals surface area contributed by atoms with E-state index < -0.39 is 11.6 Å². The van der Waals surface area contributed by atoms with Crippen LogP contribution in [0.25, 0.3) is 0 Å². The van der Waals surface area contributed by atoms with Gasteiger partial charge in [0.1, 0.15) is 17.4 Å². The van der Waals surface area contributed by atoms with Crippen LogP contribution in [0.5, 0.6) is 5.75 Å². The van der Waals surface area contributed by atoms with Crippen molar-refractivity contribution >= 4 is 17.6 Å². The molecule has 0 radical (unpaired) electrons. The predicted molar refractivity (Wildman–Crippen MR) is 110 cm³/mol. The van der Waals surface area contributed by atoms with Gasteiger partial charge < -0.3 is 20.3 Å². The summed E-state index contributed by atoms with van der Waals surface area (Å²) in [5.74, 6) is -0.500. The fourth-order valence-electron chi connectivity index (χ4n) is 3.49. The molecule has 1 heterocycles. The Balaban J connectivity index is 1.38. The molecule has 1 aliphatic rings. The molecular formula is C22H25F2N3O3. The Kier molecular flexibility index (Phi) is 7.21. The second-order valence-electron chi connectivity index (χ2n) is 7.29. The number of carbonyl (C=O) groups excluding carboxylic acids is 2. The molecule has 2 aromatic carbocycles. The van der Waals surface area contributed by atoms with Gasteiger partial charge in [-0.1, -0.05) is 0 Å². The first-order valence-electron chi connectivity index (χ1n) is 9.89. The summed E-state index contributed by atoms with van der Waals surface area (Å²) in [6.07, 6.45) is 2.44. The lowest BCUT2D eigenvalue weighted by Gasteiger charge is -2.32. The number of nitrogens with zero attached hydrogens (tertiary/aromatic N) is 1. The van der Waals surface area contributed by atoms with Crippen molar-refractivity contribution in [1.82, 2.24) is 10.2 Å². The summed E-state index contributed by atoms with van der Waals surface area (Å²) in [6, 6.07) is 9.48. The molecule has 8 heteroatoms. The molecule has 0 unspecified atom stereocenters. The normalized spacial score (nSPS) is 14.3. The van der Waals surface area contributed by atoms with Crippen molar-refractivity contribution in [2.24, 2.45) is 5.92 Å². The van der Waals surface area contributed by atoms with Gasteiger partial charge >= 0.3 is 6.03 Å². The summed E-state index contributed by atoms with van der Waals surface area (Å²) in [7, 11) is 1.57. The SMILES string of the molecule is COc1ccc(C(=O)NCCC2CCN(C(=O)Nc3cc(F)cc(F)c3)CC2)cc1. The van der Waals surface area contributed by atoms with Crippen LogP contribution in [0.4, 0.5) is 19.3 Å². The van der Waals surface area contributed by atoms with Gasteiger partial charge in [0.05, 0.1) is 7.11 Å². The van der Waals surface area contributed by atoms with Crippen molar-refractivity contribution in [2.75, 3.05) is 32.1 Å². The summed E-state index contributed by atoms with van der Waals surface area (Å²) < 4.78 is 31.6. The lowest BCUT2D eigenvalue weighted by Crippen LogP contribution is -2.41. The maximum Gasteiger partial charge on any atom is 0.321 e. The third kappa shape index (κ3) is 5.92. The third-order valence-corrected chi connectivity index (χ3v) is 5.21. The molecule has 0 atom stereocenters. The molecule has 6 nitrogen and oxygen atoms in total. The van der Waals surface area contributed by atoms with Gasteiger partial charge in [0.2, 0.25) is 0 Å². The van der Waals surface area contributed by atoms with Crippen molar-refractivity contribution in [3.63, 3.8) is 0 Å². The number of nitrogens with one attached hydrogen (secondary N) is 2. The molecule has 3 amide bonds. The second kappa shape index (κ2) is 10.0. The Morgan fingerprint density at radius 1 is 1.07 bits per heavy atom. The summed E-state index contributed by atoms with van der Waals surface area (Å²) in [4.78, 5) is 26.1. The van der Waals surface area contributed by atoms with E-state index in [0.717, 1.165) is 37.5 Å². The lowest BCUT2D eigenvalue weighted by atomic mass is 9.93. The number of methoxy groups -OCH3 is 1. The number of carbonyl (C=O) groups is 2. The van der Waals surface area contributed by atoms with Crippen LogP contribution in [0.15, 0.2) is 42.5 Å². The number of halogens is 2. The molecule has 30 heavy (non-hydrogen) atoms. The van der Waals surface area contributed by atoms with E-state index >= 15 is 0 Å². The zero-order chi connectivity index (χ0) is 21.5. The van der Waals surface area contributed by atoms with Crippen LogP contribution in [0, 0.1) is 17.6 Å². The minimum atomic E-state index is -0.735. The van der Waals surface area contributed by atoms with Gasteiger partial charge in [-0.3, -0.25) is 4.79 Å². The van der Waals surface area contributed by atoms with Crippen molar-refractivity contribution in [2.45, 2.75) is 19.3 Å². The summed E-state index contributed by atoms with van der Waals surface area (Å²) in [5, 5.41) is 5.45. The molecule has 3 rings (SSSR count). The van der Waals surface area contributed by atoms with E-state index in [4.69, 9.17) is 4.74 Å². The predicted octanol–water partition coefficient (Wildman–Crippen LogP) is 4.04. The van der Waals surface area contributed by atoms with E-state index in [9.17, 15) is 18.4 Å². The van der Waals surface area contributed by atoms with Gasteiger partial charge in [0, 0.05) is 37.0 Å². The zero-order valence-corrected chi connectivity index (χ0v) is 16.8. The Hall–Kier alpha value is -3.16. The van der Waals surface area contributed by atoms with Gasteiger partial charge in [0.15, 0.2) is 0 Å². The van der Waals surface area contributed by atoms with Crippen molar-refractivity contribution in [1.29, 1.82) is 0 Å². The van der Waals surface area contributed by atoms with E-state index in [1.165, 1.54) is 0 Å². The van der Waals surface area contributed by atoms with Gasteiger partial charge in [-0.25, -0.2) is 13.6 Å². The molecule has 0 bridgehead atoms. The first-order chi connectivity index (χ1) is 14.4. The van der Waals surface area contributed by atoms with Crippen LogP contribution in [-0.2, 0) is 0 Å². The Morgan fingerprint density at radius 3 is 2.30 bits per heavy atom. The number of rotatable bonds is 6. The molecule has 2 N–H and O–H groups in total. The number of piperidine rings is 1. The monoisotopic (exact) mass is 417 g/mol. The van der Waals surface area contributed by atoms with E-state index in [2.05, 4.69) is 10.6 Å². The third-order valence-electron chi connectivity index (χ3n) is 5.21. The molecule has 0 spiro atoms. The van der Waals surface area contributed by atoms with Gasteiger partial charge in [-0.05, 0) is 61.6 Å². The second-order valence-corrected chi connectivity index (χ2v) is 7.29. The van der Waals surface area contributed by atoms with Crippen LogP contribution >= 0.6 is 0 Å². The lowest BCUT2D eigenvalue weighted by molar-refractivity contribution is 0.0949. The highest BCUT2D eigenvalue weighted by Gasteiger charge is 2.23. The van der Waals surface area contributed by atoms with Crippen molar-refractivity contribution in [3.05, 3.63) is 59.7 Å². The van der Waals surface area contributed by atoms with Gasteiger partial charge in [0.25, 0.3) is 5.91 Å². The number of benzene rings is 2. The highest BCUT2D eigenvalue weighted by atomic mass is 19.1. The van der Waals surface area contributed by atoms with Crippen LogP contribution < -0.4 is 15.4 Å². The van der Waals surface area contributed by atoms with Gasteiger partial charge in [-0.2, -0.15) is 0 Å². The quantitative estimate of drug-likeness (QED) is 0.745. The van der Waals surface area contributed by atoms with E-state index in [1.807, 2.05) is 0 Å². The van der Waals surface area contributed by atoms with Gasteiger partial charge in [-0.15, -0.1) is 0 Å².